The lowest BCUT2D eigenvalue weighted by atomic mass is 10.1. The van der Waals surface area contributed by atoms with E-state index in [-0.39, 0.29) is 17.7 Å². The van der Waals surface area contributed by atoms with Gasteiger partial charge in [0.15, 0.2) is 5.96 Å². The van der Waals surface area contributed by atoms with Crippen molar-refractivity contribution in [3.8, 4) is 0 Å². The fourth-order valence-electron chi connectivity index (χ4n) is 2.02. The number of ketones is 1. The van der Waals surface area contributed by atoms with Crippen molar-refractivity contribution in [3.63, 3.8) is 0 Å². The third-order valence-corrected chi connectivity index (χ3v) is 3.76. The first-order valence-corrected chi connectivity index (χ1v) is 8.33. The molecule has 1 atom stereocenters. The molecule has 0 bridgehead atoms. The van der Waals surface area contributed by atoms with E-state index in [9.17, 15) is 9.59 Å². The molecular formula is C16H33N5O2. The van der Waals surface area contributed by atoms with Crippen molar-refractivity contribution in [3.05, 3.63) is 0 Å². The minimum Gasteiger partial charge on any atom is -0.370 e. The molecule has 0 aliphatic carbocycles. The molecule has 0 aromatic carbocycles. The van der Waals surface area contributed by atoms with Crippen LogP contribution in [0.2, 0.25) is 0 Å². The lowest BCUT2D eigenvalue weighted by molar-refractivity contribution is -0.121. The van der Waals surface area contributed by atoms with E-state index in [1.165, 1.54) is 6.92 Å². The molecule has 1 amide bonds. The van der Waals surface area contributed by atoms with Gasteiger partial charge in [-0.2, -0.15) is 0 Å². The number of nitrogens with one attached hydrogen (secondary N) is 2. The summed E-state index contributed by atoms with van der Waals surface area (Å²) in [4.78, 5) is 28.3. The van der Waals surface area contributed by atoms with Gasteiger partial charge in [-0.25, -0.2) is 0 Å². The monoisotopic (exact) mass is 327 g/mol. The van der Waals surface area contributed by atoms with E-state index in [0.717, 1.165) is 32.2 Å². The van der Waals surface area contributed by atoms with Gasteiger partial charge >= 0.3 is 0 Å². The average Bonchev–Trinajstić information content (AvgIpc) is 2.49. The highest BCUT2D eigenvalue weighted by Gasteiger charge is 2.12. The quantitative estimate of drug-likeness (QED) is 0.275. The maximum atomic E-state index is 11.3. The highest BCUT2D eigenvalue weighted by atomic mass is 16.1. The van der Waals surface area contributed by atoms with Crippen molar-refractivity contribution in [1.82, 2.24) is 15.5 Å². The van der Waals surface area contributed by atoms with Crippen LogP contribution in [0.3, 0.4) is 0 Å². The van der Waals surface area contributed by atoms with Crippen molar-refractivity contribution in [2.45, 2.75) is 52.5 Å². The van der Waals surface area contributed by atoms with Crippen molar-refractivity contribution in [2.24, 2.45) is 10.7 Å². The van der Waals surface area contributed by atoms with Crippen LogP contribution in [0.4, 0.5) is 0 Å². The lowest BCUT2D eigenvalue weighted by Gasteiger charge is -2.22. The number of carbonyl (C=O) groups is 2. The largest absolute Gasteiger partial charge is 0.370 e. The number of likely N-dealkylation sites (N-methyl/N-ethyl adjacent to an activating group) is 1. The zero-order valence-electron chi connectivity index (χ0n) is 15.0. The normalized spacial score (nSPS) is 13.0. The van der Waals surface area contributed by atoms with Gasteiger partial charge in [-0.05, 0) is 40.3 Å². The Morgan fingerprint density at radius 1 is 1.09 bits per heavy atom. The van der Waals surface area contributed by atoms with Gasteiger partial charge < -0.3 is 16.4 Å². The van der Waals surface area contributed by atoms with E-state index in [1.54, 1.807) is 6.92 Å². The molecule has 0 aliphatic rings. The molecule has 0 spiro atoms. The lowest BCUT2D eigenvalue weighted by Crippen LogP contribution is -2.38. The van der Waals surface area contributed by atoms with Crippen LogP contribution in [-0.4, -0.2) is 61.8 Å². The van der Waals surface area contributed by atoms with Gasteiger partial charge in [0.25, 0.3) is 0 Å². The van der Waals surface area contributed by atoms with E-state index in [1.807, 2.05) is 14.0 Å². The number of carbonyl (C=O) groups excluding carboxylic acids is 2. The average molecular weight is 327 g/mol. The molecule has 7 nitrogen and oxygen atoms in total. The fraction of sp³-hybridized carbons (Fsp3) is 0.812. The van der Waals surface area contributed by atoms with Crippen LogP contribution in [0.25, 0.3) is 0 Å². The third-order valence-electron chi connectivity index (χ3n) is 3.76. The predicted molar refractivity (Wildman–Crippen MR) is 94.4 cm³/mol. The standard InChI is InChI=1S/C16H33N5O2/c1-13(14(2)22)21(4)12-8-6-5-7-9-19-16(17)20-11-10-18-15(3)23/h13H,5-12H2,1-4H3,(H,18,23)(H3,17,19,20)/t13-/m1/s1. The first kappa shape index (κ1) is 21.4. The van der Waals surface area contributed by atoms with Crippen LogP contribution in [0.1, 0.15) is 46.5 Å². The molecule has 23 heavy (non-hydrogen) atoms. The van der Waals surface area contributed by atoms with Gasteiger partial charge in [0.2, 0.25) is 5.91 Å². The van der Waals surface area contributed by atoms with Gasteiger partial charge in [-0.1, -0.05) is 12.8 Å². The number of nitrogens with zero attached hydrogens (tertiary/aromatic N) is 2. The zero-order valence-corrected chi connectivity index (χ0v) is 15.0. The Hall–Kier alpha value is -1.63. The molecule has 0 saturated heterocycles. The van der Waals surface area contributed by atoms with E-state index in [4.69, 9.17) is 5.73 Å². The first-order chi connectivity index (χ1) is 10.8. The predicted octanol–water partition coefficient (Wildman–Crippen LogP) is 0.497. The highest BCUT2D eigenvalue weighted by Crippen LogP contribution is 2.04. The van der Waals surface area contributed by atoms with Crippen molar-refractivity contribution >= 4 is 17.6 Å². The number of Topliss-reactive ketones (excluding diaryl/α,β-unsaturated/α-hetero) is 1. The second kappa shape index (κ2) is 12.9. The van der Waals surface area contributed by atoms with Gasteiger partial charge in [-0.3, -0.25) is 19.5 Å². The van der Waals surface area contributed by atoms with Gasteiger partial charge in [0.05, 0.1) is 6.04 Å². The number of hydrogen-bond donors (Lipinski definition) is 3. The summed E-state index contributed by atoms with van der Waals surface area (Å²) in [6, 6.07) is 0.00274. The van der Waals surface area contributed by atoms with Crippen molar-refractivity contribution < 1.29 is 9.59 Å². The number of aliphatic imine (C=N–C) groups is 1. The summed E-state index contributed by atoms with van der Waals surface area (Å²) < 4.78 is 0. The molecule has 0 saturated carbocycles. The SMILES string of the molecule is CC(=O)NCCNC(N)=NCCCCCCN(C)[C@H](C)C(C)=O. The van der Waals surface area contributed by atoms with Crippen LogP contribution in [0.15, 0.2) is 4.99 Å². The molecule has 0 aliphatic heterocycles. The number of rotatable bonds is 12. The van der Waals surface area contributed by atoms with E-state index >= 15 is 0 Å². The van der Waals surface area contributed by atoms with Crippen LogP contribution < -0.4 is 16.4 Å². The van der Waals surface area contributed by atoms with E-state index in [2.05, 4.69) is 20.5 Å². The molecule has 0 heterocycles. The zero-order chi connectivity index (χ0) is 17.7. The summed E-state index contributed by atoms with van der Waals surface area (Å²) >= 11 is 0. The maximum absolute atomic E-state index is 11.3. The minimum atomic E-state index is -0.0503. The Morgan fingerprint density at radius 3 is 2.30 bits per heavy atom. The second-order valence-electron chi connectivity index (χ2n) is 5.86. The Balaban J connectivity index is 3.55. The summed E-state index contributed by atoms with van der Waals surface area (Å²) in [5, 5.41) is 5.63. The van der Waals surface area contributed by atoms with Crippen molar-refractivity contribution in [2.75, 3.05) is 33.2 Å². The van der Waals surface area contributed by atoms with Crippen molar-refractivity contribution in [1.29, 1.82) is 0 Å². The van der Waals surface area contributed by atoms with Gasteiger partial charge in [-0.15, -0.1) is 0 Å². The Morgan fingerprint density at radius 2 is 1.70 bits per heavy atom. The van der Waals surface area contributed by atoms with Crippen LogP contribution in [-0.2, 0) is 9.59 Å². The highest BCUT2D eigenvalue weighted by molar-refractivity contribution is 5.80. The Bertz CT molecular complexity index is 385. The van der Waals surface area contributed by atoms with Gasteiger partial charge in [0.1, 0.15) is 5.78 Å². The molecule has 7 heteroatoms. The summed E-state index contributed by atoms with van der Waals surface area (Å²) in [7, 11) is 1.99. The summed E-state index contributed by atoms with van der Waals surface area (Å²) in [6.07, 6.45) is 4.31. The molecule has 4 N–H and O–H groups in total. The van der Waals surface area contributed by atoms with Crippen LogP contribution in [0, 0.1) is 0 Å². The number of nitrogens with two attached hydrogens (primary N) is 1. The van der Waals surface area contributed by atoms with Crippen LogP contribution in [0.5, 0.6) is 0 Å². The minimum absolute atomic E-state index is 0.00274. The summed E-state index contributed by atoms with van der Waals surface area (Å²) in [5.41, 5.74) is 5.72. The van der Waals surface area contributed by atoms with E-state index < -0.39 is 0 Å². The fourth-order valence-corrected chi connectivity index (χ4v) is 2.02. The first-order valence-electron chi connectivity index (χ1n) is 8.33. The number of unbranched alkanes of at least 4 members (excludes halogenated alkanes) is 3. The maximum Gasteiger partial charge on any atom is 0.216 e. The summed E-state index contributed by atoms with van der Waals surface area (Å²) in [6.45, 7) is 7.82. The second-order valence-corrected chi connectivity index (χ2v) is 5.86. The number of hydrogen-bond acceptors (Lipinski definition) is 4. The third kappa shape index (κ3) is 12.6. The number of guanidine groups is 1. The van der Waals surface area contributed by atoms with Crippen LogP contribution >= 0.6 is 0 Å². The molecule has 0 aromatic heterocycles. The topological polar surface area (TPSA) is 99.8 Å². The molecule has 0 fully saturated rings. The molecule has 0 aromatic rings. The molecular weight excluding hydrogens is 294 g/mol. The van der Waals surface area contributed by atoms with Gasteiger partial charge in [0, 0.05) is 26.6 Å². The smallest absolute Gasteiger partial charge is 0.216 e. The molecule has 134 valence electrons. The molecule has 0 radical (unpaired) electrons. The molecule has 0 rings (SSSR count). The summed E-state index contributed by atoms with van der Waals surface area (Å²) in [5.74, 6) is 0.583. The van der Waals surface area contributed by atoms with E-state index in [0.29, 0.717) is 25.6 Å². The molecule has 0 unspecified atom stereocenters. The Labute approximate surface area is 140 Å². The number of amides is 1. The Kier molecular flexibility index (Phi) is 12.0.